The van der Waals surface area contributed by atoms with Gasteiger partial charge in [-0.2, -0.15) is 0 Å². The first kappa shape index (κ1) is 21.7. The number of methoxy groups -OCH3 is 1. The summed E-state index contributed by atoms with van der Waals surface area (Å²) in [7, 11) is 1.49. The van der Waals surface area contributed by atoms with E-state index in [0.29, 0.717) is 22.6 Å². The Morgan fingerprint density at radius 2 is 1.88 bits per heavy atom. The van der Waals surface area contributed by atoms with E-state index in [1.54, 1.807) is 36.4 Å². The summed E-state index contributed by atoms with van der Waals surface area (Å²) in [6.07, 6.45) is 1.48. The Hall–Kier alpha value is -4.53. The molecule has 0 spiro atoms. The normalized spacial score (nSPS) is 14.1. The summed E-state index contributed by atoms with van der Waals surface area (Å²) in [5.41, 5.74) is 1.41. The van der Waals surface area contributed by atoms with Gasteiger partial charge in [-0.15, -0.1) is 0 Å². The number of nitro groups is 1. The number of cyclic esters (lactones) is 1. The van der Waals surface area contributed by atoms with Crippen molar-refractivity contribution >= 4 is 23.6 Å². The Bertz CT molecular complexity index is 1280. The Morgan fingerprint density at radius 1 is 1.12 bits per heavy atom. The second kappa shape index (κ2) is 9.31. The summed E-state index contributed by atoms with van der Waals surface area (Å²) in [4.78, 5) is 27.1. The number of benzene rings is 3. The van der Waals surface area contributed by atoms with Crippen molar-refractivity contribution in [1.82, 2.24) is 0 Å². The molecule has 0 bridgehead atoms. The third-order valence-corrected chi connectivity index (χ3v) is 4.74. The molecule has 0 fully saturated rings. The molecule has 0 aliphatic carbocycles. The predicted molar refractivity (Wildman–Crippen MR) is 117 cm³/mol. The first-order valence-electron chi connectivity index (χ1n) is 9.76. The molecule has 33 heavy (non-hydrogen) atoms. The van der Waals surface area contributed by atoms with E-state index in [9.17, 15) is 19.3 Å². The number of aliphatic imine (C=N–C) groups is 1. The lowest BCUT2D eigenvalue weighted by Crippen LogP contribution is -2.05. The minimum Gasteiger partial charge on any atom is -0.493 e. The van der Waals surface area contributed by atoms with Crippen LogP contribution in [0.2, 0.25) is 0 Å². The van der Waals surface area contributed by atoms with Crippen LogP contribution < -0.4 is 9.47 Å². The van der Waals surface area contributed by atoms with Gasteiger partial charge in [-0.25, -0.2) is 14.2 Å². The molecule has 0 saturated carbocycles. The number of rotatable bonds is 7. The lowest BCUT2D eigenvalue weighted by molar-refractivity contribution is -0.384. The zero-order valence-electron chi connectivity index (χ0n) is 17.4. The van der Waals surface area contributed by atoms with Crippen molar-refractivity contribution in [2.45, 2.75) is 6.61 Å². The number of nitro benzene ring substituents is 1. The fourth-order valence-electron chi connectivity index (χ4n) is 3.13. The van der Waals surface area contributed by atoms with Gasteiger partial charge in [0.1, 0.15) is 12.4 Å². The van der Waals surface area contributed by atoms with Crippen molar-refractivity contribution in [3.8, 4) is 11.5 Å². The quantitative estimate of drug-likeness (QED) is 0.225. The average Bonchev–Trinajstić information content (AvgIpc) is 3.19. The predicted octanol–water partition coefficient (Wildman–Crippen LogP) is 4.67. The molecule has 8 nitrogen and oxygen atoms in total. The highest BCUT2D eigenvalue weighted by atomic mass is 19.1. The summed E-state index contributed by atoms with van der Waals surface area (Å²) in [5, 5.41) is 11.0. The van der Waals surface area contributed by atoms with Crippen LogP contribution in [0.15, 0.2) is 77.4 Å². The van der Waals surface area contributed by atoms with Crippen LogP contribution >= 0.6 is 0 Å². The Morgan fingerprint density at radius 3 is 2.61 bits per heavy atom. The van der Waals surface area contributed by atoms with Gasteiger partial charge in [-0.1, -0.05) is 30.3 Å². The molecule has 0 aromatic heterocycles. The van der Waals surface area contributed by atoms with E-state index in [1.807, 2.05) is 0 Å². The van der Waals surface area contributed by atoms with Crippen LogP contribution in [0.25, 0.3) is 6.08 Å². The number of ether oxygens (including phenoxy) is 3. The summed E-state index contributed by atoms with van der Waals surface area (Å²) in [6, 6.07) is 16.7. The number of para-hydroxylation sites is 1. The van der Waals surface area contributed by atoms with Gasteiger partial charge in [-0.3, -0.25) is 10.1 Å². The molecule has 9 heteroatoms. The molecular formula is C24H17FN2O6. The second-order valence-corrected chi connectivity index (χ2v) is 6.94. The van der Waals surface area contributed by atoms with Gasteiger partial charge in [-0.05, 0) is 35.9 Å². The van der Waals surface area contributed by atoms with Crippen LogP contribution in [0.1, 0.15) is 16.7 Å². The van der Waals surface area contributed by atoms with E-state index < -0.39 is 10.9 Å². The lowest BCUT2D eigenvalue weighted by Gasteiger charge is -2.13. The van der Waals surface area contributed by atoms with E-state index in [1.165, 1.54) is 43.5 Å². The molecule has 1 aliphatic rings. The summed E-state index contributed by atoms with van der Waals surface area (Å²) < 4.78 is 29.7. The minimum atomic E-state index is -0.705. The minimum absolute atomic E-state index is 0.00334. The Labute approximate surface area is 187 Å². The third kappa shape index (κ3) is 4.87. The molecule has 0 radical (unpaired) electrons. The zero-order chi connectivity index (χ0) is 23.4. The summed E-state index contributed by atoms with van der Waals surface area (Å²) in [6.45, 7) is 0.142. The number of non-ortho nitro benzene ring substituents is 1. The fourth-order valence-corrected chi connectivity index (χ4v) is 3.13. The second-order valence-electron chi connectivity index (χ2n) is 6.94. The molecule has 3 aromatic carbocycles. The molecule has 0 amide bonds. The van der Waals surface area contributed by atoms with Crippen LogP contribution in [-0.2, 0) is 16.1 Å². The smallest absolute Gasteiger partial charge is 0.363 e. The number of halogens is 1. The van der Waals surface area contributed by atoms with Crippen LogP contribution in [-0.4, -0.2) is 23.9 Å². The average molecular weight is 448 g/mol. The largest absolute Gasteiger partial charge is 0.493 e. The first-order valence-corrected chi connectivity index (χ1v) is 9.76. The van der Waals surface area contributed by atoms with E-state index >= 15 is 0 Å². The lowest BCUT2D eigenvalue weighted by atomic mass is 10.1. The van der Waals surface area contributed by atoms with Crippen LogP contribution in [0, 0.1) is 15.9 Å². The maximum absolute atomic E-state index is 13.2. The molecule has 0 unspecified atom stereocenters. The van der Waals surface area contributed by atoms with Crippen LogP contribution in [0.4, 0.5) is 10.1 Å². The van der Waals surface area contributed by atoms with Crippen LogP contribution in [0.3, 0.4) is 0 Å². The maximum atomic E-state index is 13.2. The molecule has 1 heterocycles. The molecule has 166 valence electrons. The van der Waals surface area contributed by atoms with Gasteiger partial charge in [0.15, 0.2) is 17.2 Å². The van der Waals surface area contributed by atoms with Gasteiger partial charge in [0.2, 0.25) is 5.90 Å². The molecule has 4 rings (SSSR count). The van der Waals surface area contributed by atoms with Gasteiger partial charge in [0.05, 0.1) is 12.0 Å². The van der Waals surface area contributed by atoms with Gasteiger partial charge >= 0.3 is 5.97 Å². The number of carbonyl (C=O) groups excluding carboxylic acids is 1. The number of esters is 1. The van der Waals surface area contributed by atoms with Crippen molar-refractivity contribution in [2.75, 3.05) is 7.11 Å². The SMILES string of the molecule is COc1cccc(/C=C2\N=C(c3cccc([N+](=O)[O-])c3)OC2=O)c1OCc1ccc(F)cc1. The van der Waals surface area contributed by atoms with E-state index in [-0.39, 0.29) is 29.7 Å². The standard InChI is InChI=1S/C24H17FN2O6/c1-31-21-7-3-4-16(22(21)32-14-15-8-10-18(25)11-9-15)13-20-24(28)33-23(26-20)17-5-2-6-19(12-17)27(29)30/h2-13H,14H2,1H3/b20-13-. The molecule has 0 N–H and O–H groups in total. The van der Waals surface area contributed by atoms with Crippen molar-refractivity contribution in [1.29, 1.82) is 0 Å². The number of nitrogens with zero attached hydrogens (tertiary/aromatic N) is 2. The Kier molecular flexibility index (Phi) is 6.12. The van der Waals surface area contributed by atoms with Crippen molar-refractivity contribution in [2.24, 2.45) is 4.99 Å². The van der Waals surface area contributed by atoms with E-state index in [0.717, 1.165) is 5.56 Å². The van der Waals surface area contributed by atoms with E-state index in [2.05, 4.69) is 4.99 Å². The number of hydrogen-bond donors (Lipinski definition) is 0. The highest BCUT2D eigenvalue weighted by Gasteiger charge is 2.26. The van der Waals surface area contributed by atoms with E-state index in [4.69, 9.17) is 14.2 Å². The Balaban J connectivity index is 1.65. The highest BCUT2D eigenvalue weighted by molar-refractivity contribution is 6.13. The third-order valence-electron chi connectivity index (χ3n) is 4.74. The first-order chi connectivity index (χ1) is 15.9. The maximum Gasteiger partial charge on any atom is 0.363 e. The highest BCUT2D eigenvalue weighted by Crippen LogP contribution is 2.34. The topological polar surface area (TPSA) is 100 Å². The van der Waals surface area contributed by atoms with Crippen LogP contribution in [0.5, 0.6) is 11.5 Å². The molecule has 3 aromatic rings. The van der Waals surface area contributed by atoms with Gasteiger partial charge in [0.25, 0.3) is 5.69 Å². The molecule has 1 aliphatic heterocycles. The fraction of sp³-hybridized carbons (Fsp3) is 0.0833. The molecule has 0 saturated heterocycles. The molecule has 0 atom stereocenters. The van der Waals surface area contributed by atoms with Gasteiger partial charge < -0.3 is 14.2 Å². The molecular weight excluding hydrogens is 431 g/mol. The van der Waals surface area contributed by atoms with Crippen molar-refractivity contribution in [3.05, 3.63) is 105 Å². The van der Waals surface area contributed by atoms with Crippen molar-refractivity contribution < 1.29 is 28.3 Å². The number of carbonyl (C=O) groups is 1. The summed E-state index contributed by atoms with van der Waals surface area (Å²) >= 11 is 0. The van der Waals surface area contributed by atoms with Gasteiger partial charge in [0, 0.05) is 23.3 Å². The van der Waals surface area contributed by atoms with Crippen molar-refractivity contribution in [3.63, 3.8) is 0 Å². The zero-order valence-corrected chi connectivity index (χ0v) is 17.4. The monoisotopic (exact) mass is 448 g/mol. The summed E-state index contributed by atoms with van der Waals surface area (Å²) in [5.74, 6) is -0.293. The number of hydrogen-bond acceptors (Lipinski definition) is 7.